The molecule has 0 atom stereocenters. The number of anilines is 2. The van der Waals surface area contributed by atoms with Gasteiger partial charge in [0, 0.05) is 45.0 Å². The molecular formula is C24H29N7O. The van der Waals surface area contributed by atoms with Crippen LogP contribution in [0.1, 0.15) is 12.8 Å². The number of para-hydroxylation sites is 1. The van der Waals surface area contributed by atoms with Crippen LogP contribution < -0.4 is 9.80 Å². The highest BCUT2D eigenvalue weighted by molar-refractivity contribution is 5.86. The standard InChI is InChI=1S/C24H29N7O/c1-2-6-20(7-3-1)30-15-13-29(14-16-30)10-4-5-17-32-21-8-11-31(12-9-21)24-22-18-27-28-23(22)25-19-26-24/h1-3,6-7,18-19,21H,8-17H2,(H,25,26,27,28). The Hall–Kier alpha value is -3.15. The average molecular weight is 432 g/mol. The van der Waals surface area contributed by atoms with Crippen LogP contribution in [-0.2, 0) is 4.74 Å². The maximum absolute atomic E-state index is 6.03. The quantitative estimate of drug-likeness (QED) is 0.621. The molecule has 2 aliphatic heterocycles. The third-order valence-corrected chi connectivity index (χ3v) is 6.28. The van der Waals surface area contributed by atoms with E-state index in [0.29, 0.717) is 6.61 Å². The van der Waals surface area contributed by atoms with Gasteiger partial charge in [-0.3, -0.25) is 10.00 Å². The second-order valence-corrected chi connectivity index (χ2v) is 8.28. The Morgan fingerprint density at radius 2 is 1.75 bits per heavy atom. The average Bonchev–Trinajstić information content (AvgIpc) is 3.34. The predicted molar refractivity (Wildman–Crippen MR) is 126 cm³/mol. The lowest BCUT2D eigenvalue weighted by molar-refractivity contribution is 0.0594. The molecule has 8 heteroatoms. The van der Waals surface area contributed by atoms with Crippen molar-refractivity contribution in [3.63, 3.8) is 0 Å². The van der Waals surface area contributed by atoms with E-state index >= 15 is 0 Å². The Balaban J connectivity index is 1.01. The number of piperidine rings is 1. The highest BCUT2D eigenvalue weighted by atomic mass is 16.5. The minimum absolute atomic E-state index is 0.261. The maximum atomic E-state index is 6.03. The zero-order valence-corrected chi connectivity index (χ0v) is 18.3. The van der Waals surface area contributed by atoms with Gasteiger partial charge in [0.1, 0.15) is 18.8 Å². The summed E-state index contributed by atoms with van der Waals surface area (Å²) in [7, 11) is 0. The molecular weight excluding hydrogens is 402 g/mol. The fraction of sp³-hybridized carbons (Fsp3) is 0.458. The molecule has 1 N–H and O–H groups in total. The van der Waals surface area contributed by atoms with Crippen LogP contribution in [0, 0.1) is 11.8 Å². The number of benzene rings is 1. The molecule has 0 unspecified atom stereocenters. The summed E-state index contributed by atoms with van der Waals surface area (Å²) >= 11 is 0. The van der Waals surface area contributed by atoms with E-state index in [2.05, 4.69) is 77.0 Å². The lowest BCUT2D eigenvalue weighted by Gasteiger charge is -2.35. The Kier molecular flexibility index (Phi) is 6.47. The molecule has 0 radical (unpaired) electrons. The molecule has 0 bridgehead atoms. The summed E-state index contributed by atoms with van der Waals surface area (Å²) in [6.45, 7) is 7.37. The Morgan fingerprint density at radius 1 is 0.938 bits per heavy atom. The molecule has 5 rings (SSSR count). The molecule has 2 saturated heterocycles. The first kappa shape index (κ1) is 20.7. The molecule has 8 nitrogen and oxygen atoms in total. The van der Waals surface area contributed by atoms with E-state index in [0.717, 1.165) is 75.5 Å². The van der Waals surface area contributed by atoms with Gasteiger partial charge in [0.25, 0.3) is 0 Å². The molecule has 3 aromatic rings. The topological polar surface area (TPSA) is 73.4 Å². The number of fused-ring (bicyclic) bond motifs is 1. The predicted octanol–water partition coefficient (Wildman–Crippen LogP) is 2.16. The van der Waals surface area contributed by atoms with Gasteiger partial charge in [0.2, 0.25) is 0 Å². The van der Waals surface area contributed by atoms with E-state index in [9.17, 15) is 0 Å². The van der Waals surface area contributed by atoms with Crippen molar-refractivity contribution >= 4 is 22.5 Å². The van der Waals surface area contributed by atoms with Gasteiger partial charge in [0.15, 0.2) is 5.65 Å². The molecule has 166 valence electrons. The van der Waals surface area contributed by atoms with Gasteiger partial charge in [-0.05, 0) is 25.0 Å². The van der Waals surface area contributed by atoms with Gasteiger partial charge in [0.05, 0.1) is 24.2 Å². The third kappa shape index (κ3) is 4.85. The number of nitrogens with one attached hydrogen (secondary N) is 1. The molecule has 32 heavy (non-hydrogen) atoms. The first-order valence-electron chi connectivity index (χ1n) is 11.4. The minimum Gasteiger partial charge on any atom is -0.369 e. The Morgan fingerprint density at radius 3 is 2.56 bits per heavy atom. The molecule has 0 saturated carbocycles. The number of aromatic amines is 1. The van der Waals surface area contributed by atoms with E-state index in [-0.39, 0.29) is 6.10 Å². The van der Waals surface area contributed by atoms with Crippen LogP contribution in [0.5, 0.6) is 0 Å². The summed E-state index contributed by atoms with van der Waals surface area (Å²) < 4.78 is 6.03. The van der Waals surface area contributed by atoms with E-state index < -0.39 is 0 Å². The summed E-state index contributed by atoms with van der Waals surface area (Å²) in [5, 5.41) is 7.96. The van der Waals surface area contributed by atoms with Crippen LogP contribution in [0.3, 0.4) is 0 Å². The number of hydrogen-bond donors (Lipinski definition) is 1. The van der Waals surface area contributed by atoms with Gasteiger partial charge in [-0.1, -0.05) is 30.0 Å². The molecule has 2 fully saturated rings. The number of rotatable bonds is 5. The highest BCUT2D eigenvalue weighted by Gasteiger charge is 2.22. The van der Waals surface area contributed by atoms with E-state index in [1.807, 2.05) is 0 Å². The van der Waals surface area contributed by atoms with Crippen molar-refractivity contribution in [1.82, 2.24) is 25.1 Å². The van der Waals surface area contributed by atoms with Crippen LogP contribution >= 0.6 is 0 Å². The van der Waals surface area contributed by atoms with Crippen LogP contribution in [0.25, 0.3) is 11.0 Å². The van der Waals surface area contributed by atoms with Gasteiger partial charge >= 0.3 is 0 Å². The van der Waals surface area contributed by atoms with Gasteiger partial charge < -0.3 is 14.5 Å². The van der Waals surface area contributed by atoms with Crippen LogP contribution in [0.15, 0.2) is 42.9 Å². The molecule has 0 aliphatic carbocycles. The number of ether oxygens (including phenoxy) is 1. The fourth-order valence-electron chi connectivity index (χ4n) is 4.42. The lowest BCUT2D eigenvalue weighted by atomic mass is 10.1. The van der Waals surface area contributed by atoms with Crippen LogP contribution in [0.2, 0.25) is 0 Å². The zero-order chi connectivity index (χ0) is 21.6. The molecule has 4 heterocycles. The maximum Gasteiger partial charge on any atom is 0.160 e. The number of piperazine rings is 1. The summed E-state index contributed by atoms with van der Waals surface area (Å²) in [5.74, 6) is 7.46. The monoisotopic (exact) mass is 431 g/mol. The minimum atomic E-state index is 0.261. The Bertz CT molecular complexity index is 1060. The summed E-state index contributed by atoms with van der Waals surface area (Å²) in [4.78, 5) is 15.8. The molecule has 0 spiro atoms. The number of H-pyrrole nitrogens is 1. The molecule has 0 amide bonds. The molecule has 1 aromatic carbocycles. The number of aromatic nitrogens is 4. The largest absolute Gasteiger partial charge is 0.369 e. The Labute approximate surface area is 188 Å². The highest BCUT2D eigenvalue weighted by Crippen LogP contribution is 2.25. The first-order valence-corrected chi connectivity index (χ1v) is 11.4. The van der Waals surface area contributed by atoms with E-state index in [4.69, 9.17) is 4.74 Å². The van der Waals surface area contributed by atoms with Crippen molar-refractivity contribution in [3.8, 4) is 11.8 Å². The molecule has 2 aromatic heterocycles. The van der Waals surface area contributed by atoms with Crippen molar-refractivity contribution in [2.24, 2.45) is 0 Å². The van der Waals surface area contributed by atoms with E-state index in [1.165, 1.54) is 5.69 Å². The zero-order valence-electron chi connectivity index (χ0n) is 18.3. The van der Waals surface area contributed by atoms with Crippen molar-refractivity contribution in [3.05, 3.63) is 42.9 Å². The smallest absolute Gasteiger partial charge is 0.160 e. The number of nitrogens with zero attached hydrogens (tertiary/aromatic N) is 6. The first-order chi connectivity index (χ1) is 15.9. The van der Waals surface area contributed by atoms with Gasteiger partial charge in [-0.15, -0.1) is 0 Å². The summed E-state index contributed by atoms with van der Waals surface area (Å²) in [5.41, 5.74) is 2.09. The SMILES string of the molecule is C(#CCN1CCN(c2ccccc2)CC1)COC1CCN(c2ncnc3[nH]ncc23)CC1. The van der Waals surface area contributed by atoms with Crippen LogP contribution in [-0.4, -0.2) is 83.6 Å². The van der Waals surface area contributed by atoms with Gasteiger partial charge in [-0.25, -0.2) is 9.97 Å². The van der Waals surface area contributed by atoms with Crippen molar-refractivity contribution < 1.29 is 4.74 Å². The summed E-state index contributed by atoms with van der Waals surface area (Å²) in [6.07, 6.45) is 5.61. The van der Waals surface area contributed by atoms with Crippen molar-refractivity contribution in [1.29, 1.82) is 0 Å². The fourth-order valence-corrected chi connectivity index (χ4v) is 4.42. The van der Waals surface area contributed by atoms with Gasteiger partial charge in [-0.2, -0.15) is 5.10 Å². The second-order valence-electron chi connectivity index (χ2n) is 8.28. The number of hydrogen-bond acceptors (Lipinski definition) is 7. The normalized spacial score (nSPS) is 18.0. The van der Waals surface area contributed by atoms with Crippen molar-refractivity contribution in [2.75, 3.05) is 62.2 Å². The summed E-state index contributed by atoms with van der Waals surface area (Å²) in [6, 6.07) is 10.6. The molecule has 2 aliphatic rings. The second kappa shape index (κ2) is 9.98. The van der Waals surface area contributed by atoms with E-state index in [1.54, 1.807) is 12.5 Å². The van der Waals surface area contributed by atoms with Crippen LogP contribution in [0.4, 0.5) is 11.5 Å². The third-order valence-electron chi connectivity index (χ3n) is 6.28. The van der Waals surface area contributed by atoms with Crippen molar-refractivity contribution in [2.45, 2.75) is 18.9 Å². The lowest BCUT2D eigenvalue weighted by Crippen LogP contribution is -2.46.